The monoisotopic (exact) mass is 340 g/mol. The van der Waals surface area contributed by atoms with Gasteiger partial charge in [-0.25, -0.2) is 0 Å². The number of nitrogens with zero attached hydrogens (tertiary/aromatic N) is 1. The van der Waals surface area contributed by atoms with Gasteiger partial charge in [-0.05, 0) is 49.2 Å². The van der Waals surface area contributed by atoms with Crippen molar-refractivity contribution in [1.82, 2.24) is 5.32 Å². The SMILES string of the molecule is COc1cccc(C(C)NCC2CN(c3cccc(C)c3)CCO2)c1. The van der Waals surface area contributed by atoms with Gasteiger partial charge in [0.05, 0.1) is 19.8 Å². The average Bonchev–Trinajstić information content (AvgIpc) is 2.66. The number of benzene rings is 2. The van der Waals surface area contributed by atoms with Crippen molar-refractivity contribution in [1.29, 1.82) is 0 Å². The first-order chi connectivity index (χ1) is 12.2. The van der Waals surface area contributed by atoms with E-state index in [-0.39, 0.29) is 12.1 Å². The van der Waals surface area contributed by atoms with Crippen molar-refractivity contribution >= 4 is 5.69 Å². The van der Waals surface area contributed by atoms with Crippen LogP contribution >= 0.6 is 0 Å². The van der Waals surface area contributed by atoms with Gasteiger partial charge in [0.1, 0.15) is 5.75 Å². The molecule has 2 atom stereocenters. The highest BCUT2D eigenvalue weighted by Gasteiger charge is 2.21. The molecule has 0 aromatic heterocycles. The molecular weight excluding hydrogens is 312 g/mol. The molecule has 1 saturated heterocycles. The molecule has 1 aliphatic heterocycles. The number of nitrogens with one attached hydrogen (secondary N) is 1. The second-order valence-corrected chi connectivity index (χ2v) is 6.68. The number of ether oxygens (including phenoxy) is 2. The summed E-state index contributed by atoms with van der Waals surface area (Å²) in [7, 11) is 1.70. The Morgan fingerprint density at radius 3 is 2.88 bits per heavy atom. The molecule has 0 spiro atoms. The van der Waals surface area contributed by atoms with Crippen LogP contribution in [0, 0.1) is 6.92 Å². The minimum Gasteiger partial charge on any atom is -0.497 e. The predicted octanol–water partition coefficient (Wildman–Crippen LogP) is 3.56. The van der Waals surface area contributed by atoms with E-state index >= 15 is 0 Å². The zero-order valence-corrected chi connectivity index (χ0v) is 15.4. The molecule has 0 radical (unpaired) electrons. The molecule has 4 nitrogen and oxygen atoms in total. The van der Waals surface area contributed by atoms with Crippen LogP contribution in [0.4, 0.5) is 5.69 Å². The largest absolute Gasteiger partial charge is 0.497 e. The first kappa shape index (κ1) is 17.8. The molecule has 0 amide bonds. The lowest BCUT2D eigenvalue weighted by Gasteiger charge is -2.35. The van der Waals surface area contributed by atoms with Crippen molar-refractivity contribution < 1.29 is 9.47 Å². The highest BCUT2D eigenvalue weighted by molar-refractivity contribution is 5.48. The summed E-state index contributed by atoms with van der Waals surface area (Å²) in [6, 6.07) is 17.2. The van der Waals surface area contributed by atoms with Crippen LogP contribution in [-0.2, 0) is 4.74 Å². The number of rotatable bonds is 6. The number of anilines is 1. The van der Waals surface area contributed by atoms with E-state index in [1.807, 2.05) is 12.1 Å². The zero-order chi connectivity index (χ0) is 17.6. The van der Waals surface area contributed by atoms with Gasteiger partial charge in [0.2, 0.25) is 0 Å². The third-order valence-electron chi connectivity index (χ3n) is 4.75. The molecule has 0 bridgehead atoms. The number of morpholine rings is 1. The number of hydrogen-bond donors (Lipinski definition) is 1. The summed E-state index contributed by atoms with van der Waals surface area (Å²) >= 11 is 0. The van der Waals surface area contributed by atoms with Gasteiger partial charge in [-0.15, -0.1) is 0 Å². The van der Waals surface area contributed by atoms with E-state index < -0.39 is 0 Å². The van der Waals surface area contributed by atoms with Crippen LogP contribution in [0.25, 0.3) is 0 Å². The van der Waals surface area contributed by atoms with E-state index in [9.17, 15) is 0 Å². The van der Waals surface area contributed by atoms with E-state index in [0.29, 0.717) is 0 Å². The molecular formula is C21H28N2O2. The van der Waals surface area contributed by atoms with Crippen LogP contribution in [-0.4, -0.2) is 39.5 Å². The fourth-order valence-electron chi connectivity index (χ4n) is 3.24. The number of aryl methyl sites for hydroxylation is 1. The van der Waals surface area contributed by atoms with Crippen molar-refractivity contribution in [2.45, 2.75) is 26.0 Å². The smallest absolute Gasteiger partial charge is 0.119 e. The third kappa shape index (κ3) is 4.74. The van der Waals surface area contributed by atoms with Crippen LogP contribution in [0.1, 0.15) is 24.1 Å². The first-order valence-corrected chi connectivity index (χ1v) is 8.96. The van der Waals surface area contributed by atoms with Crippen LogP contribution in [0.2, 0.25) is 0 Å². The second-order valence-electron chi connectivity index (χ2n) is 6.68. The number of methoxy groups -OCH3 is 1. The minimum absolute atomic E-state index is 0.197. The van der Waals surface area contributed by atoms with Gasteiger partial charge in [0, 0.05) is 31.4 Å². The lowest BCUT2D eigenvalue weighted by Crippen LogP contribution is -2.47. The minimum atomic E-state index is 0.197. The van der Waals surface area contributed by atoms with E-state index in [0.717, 1.165) is 32.0 Å². The lowest BCUT2D eigenvalue weighted by molar-refractivity contribution is 0.0394. The van der Waals surface area contributed by atoms with Crippen molar-refractivity contribution in [2.75, 3.05) is 38.3 Å². The predicted molar refractivity (Wildman–Crippen MR) is 103 cm³/mol. The highest BCUT2D eigenvalue weighted by atomic mass is 16.5. The van der Waals surface area contributed by atoms with E-state index in [1.165, 1.54) is 16.8 Å². The Balaban J connectivity index is 1.55. The van der Waals surface area contributed by atoms with E-state index in [2.05, 4.69) is 60.5 Å². The lowest BCUT2D eigenvalue weighted by atomic mass is 10.1. The van der Waals surface area contributed by atoms with E-state index in [4.69, 9.17) is 9.47 Å². The van der Waals surface area contributed by atoms with Crippen molar-refractivity contribution in [3.8, 4) is 5.75 Å². The first-order valence-electron chi connectivity index (χ1n) is 8.96. The summed E-state index contributed by atoms with van der Waals surface area (Å²) in [6.45, 7) is 7.79. The van der Waals surface area contributed by atoms with Crippen LogP contribution in [0.3, 0.4) is 0 Å². The maximum Gasteiger partial charge on any atom is 0.119 e. The molecule has 1 heterocycles. The Labute approximate surface area is 150 Å². The molecule has 25 heavy (non-hydrogen) atoms. The number of hydrogen-bond acceptors (Lipinski definition) is 4. The van der Waals surface area contributed by atoms with Gasteiger partial charge in [-0.1, -0.05) is 24.3 Å². The molecule has 4 heteroatoms. The van der Waals surface area contributed by atoms with Crippen LogP contribution in [0.15, 0.2) is 48.5 Å². The summed E-state index contributed by atoms with van der Waals surface area (Å²) in [5.41, 5.74) is 3.81. The Bertz CT molecular complexity index is 689. The maximum absolute atomic E-state index is 5.96. The summed E-state index contributed by atoms with van der Waals surface area (Å²) < 4.78 is 11.3. The molecule has 1 fully saturated rings. The van der Waals surface area contributed by atoms with Crippen molar-refractivity contribution in [3.63, 3.8) is 0 Å². The molecule has 134 valence electrons. The zero-order valence-electron chi connectivity index (χ0n) is 15.4. The van der Waals surface area contributed by atoms with Crippen LogP contribution < -0.4 is 15.0 Å². The summed E-state index contributed by atoms with van der Waals surface area (Å²) in [5.74, 6) is 0.894. The van der Waals surface area contributed by atoms with Crippen molar-refractivity contribution in [3.05, 3.63) is 59.7 Å². The standard InChI is InChI=1S/C21H28N2O2/c1-16-6-4-8-19(12-16)23-10-11-25-21(15-23)14-22-17(2)18-7-5-9-20(13-18)24-3/h4-9,12-13,17,21-22H,10-11,14-15H2,1-3H3. The molecule has 3 rings (SSSR count). The van der Waals surface area contributed by atoms with Gasteiger partial charge in [0.15, 0.2) is 0 Å². The second kappa shape index (κ2) is 8.37. The summed E-state index contributed by atoms with van der Waals surface area (Å²) in [4.78, 5) is 2.42. The molecule has 1 N–H and O–H groups in total. The van der Waals surface area contributed by atoms with E-state index in [1.54, 1.807) is 7.11 Å². The van der Waals surface area contributed by atoms with Gasteiger partial charge >= 0.3 is 0 Å². The van der Waals surface area contributed by atoms with Crippen LogP contribution in [0.5, 0.6) is 5.75 Å². The molecule has 0 aliphatic carbocycles. The normalized spacial score (nSPS) is 18.8. The van der Waals surface area contributed by atoms with Gasteiger partial charge < -0.3 is 19.7 Å². The van der Waals surface area contributed by atoms with Gasteiger partial charge in [-0.3, -0.25) is 0 Å². The molecule has 2 aromatic carbocycles. The Kier molecular flexibility index (Phi) is 5.95. The van der Waals surface area contributed by atoms with Crippen molar-refractivity contribution in [2.24, 2.45) is 0 Å². The fraction of sp³-hybridized carbons (Fsp3) is 0.429. The molecule has 2 unspecified atom stereocenters. The highest BCUT2D eigenvalue weighted by Crippen LogP contribution is 2.21. The summed E-state index contributed by atoms with van der Waals surface area (Å²) in [6.07, 6.45) is 0.197. The third-order valence-corrected chi connectivity index (χ3v) is 4.75. The maximum atomic E-state index is 5.96. The Hall–Kier alpha value is -2.04. The summed E-state index contributed by atoms with van der Waals surface area (Å²) in [5, 5.41) is 3.60. The quantitative estimate of drug-likeness (QED) is 0.872. The molecule has 1 aliphatic rings. The topological polar surface area (TPSA) is 33.7 Å². The Morgan fingerprint density at radius 2 is 2.08 bits per heavy atom. The molecule has 0 saturated carbocycles. The average molecular weight is 340 g/mol. The Morgan fingerprint density at radius 1 is 1.24 bits per heavy atom. The fourth-order valence-corrected chi connectivity index (χ4v) is 3.24. The van der Waals surface area contributed by atoms with Gasteiger partial charge in [0.25, 0.3) is 0 Å². The molecule has 2 aromatic rings. The van der Waals surface area contributed by atoms with Gasteiger partial charge in [-0.2, -0.15) is 0 Å².